The summed E-state index contributed by atoms with van der Waals surface area (Å²) in [5.74, 6) is -0.403. The Morgan fingerprint density at radius 3 is 2.58 bits per heavy atom. The van der Waals surface area contributed by atoms with Crippen molar-refractivity contribution in [3.63, 3.8) is 0 Å². The summed E-state index contributed by atoms with van der Waals surface area (Å²) in [6, 6.07) is 0. The predicted molar refractivity (Wildman–Crippen MR) is 46.4 cm³/mol. The molecule has 0 heterocycles. The Morgan fingerprint density at radius 1 is 1.67 bits per heavy atom. The molecular formula is C9H17NO2. The van der Waals surface area contributed by atoms with Gasteiger partial charge in [-0.1, -0.05) is 19.8 Å². The molecule has 1 aliphatic carbocycles. The summed E-state index contributed by atoms with van der Waals surface area (Å²) >= 11 is 0. The number of carbonyl (C=O) groups excluding carboxylic acids is 1. The van der Waals surface area contributed by atoms with Crippen molar-refractivity contribution in [2.24, 2.45) is 11.7 Å². The Labute approximate surface area is 72.9 Å². The Balaban J connectivity index is 2.52. The third-order valence-electron chi connectivity index (χ3n) is 2.59. The van der Waals surface area contributed by atoms with E-state index in [1.54, 1.807) is 0 Å². The van der Waals surface area contributed by atoms with Crippen molar-refractivity contribution in [2.45, 2.75) is 44.6 Å². The lowest BCUT2D eigenvalue weighted by molar-refractivity contribution is -0.139. The van der Waals surface area contributed by atoms with Gasteiger partial charge in [0, 0.05) is 0 Å². The van der Waals surface area contributed by atoms with E-state index in [2.05, 4.69) is 0 Å². The molecule has 1 unspecified atom stereocenters. The zero-order chi connectivity index (χ0) is 9.19. The highest BCUT2D eigenvalue weighted by molar-refractivity contribution is 5.83. The summed E-state index contributed by atoms with van der Waals surface area (Å²) in [6.45, 7) is 2.04. The van der Waals surface area contributed by atoms with Crippen molar-refractivity contribution < 1.29 is 9.90 Å². The van der Waals surface area contributed by atoms with Crippen LogP contribution in [-0.2, 0) is 4.79 Å². The van der Waals surface area contributed by atoms with E-state index in [0.717, 1.165) is 25.7 Å². The maximum atomic E-state index is 11.0. The first-order chi connectivity index (χ1) is 5.61. The maximum Gasteiger partial charge on any atom is 0.249 e. The molecule has 0 radical (unpaired) electrons. The van der Waals surface area contributed by atoms with Crippen LogP contribution in [0.3, 0.4) is 0 Å². The minimum absolute atomic E-state index is 0.140. The van der Waals surface area contributed by atoms with Gasteiger partial charge in [-0.25, -0.2) is 0 Å². The van der Waals surface area contributed by atoms with Gasteiger partial charge in [0.1, 0.15) is 5.60 Å². The average Bonchev–Trinajstić information content (AvgIpc) is 2.82. The van der Waals surface area contributed by atoms with Gasteiger partial charge >= 0.3 is 0 Å². The van der Waals surface area contributed by atoms with Gasteiger partial charge in [0.25, 0.3) is 0 Å². The Hall–Kier alpha value is -0.570. The molecule has 1 amide bonds. The molecule has 0 aliphatic heterocycles. The third-order valence-corrected chi connectivity index (χ3v) is 2.59. The molecule has 12 heavy (non-hydrogen) atoms. The van der Waals surface area contributed by atoms with Crippen LogP contribution in [0.2, 0.25) is 0 Å². The highest BCUT2D eigenvalue weighted by atomic mass is 16.3. The van der Waals surface area contributed by atoms with Crippen LogP contribution >= 0.6 is 0 Å². The van der Waals surface area contributed by atoms with Crippen molar-refractivity contribution in [2.75, 3.05) is 0 Å². The van der Waals surface area contributed by atoms with E-state index in [1.165, 1.54) is 0 Å². The number of hydrogen-bond donors (Lipinski definition) is 2. The fourth-order valence-corrected chi connectivity index (χ4v) is 1.54. The van der Waals surface area contributed by atoms with E-state index in [0.29, 0.717) is 6.42 Å². The van der Waals surface area contributed by atoms with Gasteiger partial charge < -0.3 is 10.8 Å². The van der Waals surface area contributed by atoms with Crippen LogP contribution in [0.25, 0.3) is 0 Å². The van der Waals surface area contributed by atoms with Crippen LogP contribution < -0.4 is 5.73 Å². The highest BCUT2D eigenvalue weighted by Gasteiger charge is 2.47. The number of rotatable bonds is 5. The molecule has 1 rings (SSSR count). The Morgan fingerprint density at radius 2 is 2.25 bits per heavy atom. The second-order valence-electron chi connectivity index (χ2n) is 3.67. The fourth-order valence-electron chi connectivity index (χ4n) is 1.54. The lowest BCUT2D eigenvalue weighted by Gasteiger charge is -2.23. The minimum atomic E-state index is -1.20. The number of carbonyl (C=O) groups is 1. The van der Waals surface area contributed by atoms with Gasteiger partial charge in [-0.05, 0) is 25.2 Å². The first-order valence-electron chi connectivity index (χ1n) is 4.63. The summed E-state index contributed by atoms with van der Waals surface area (Å²) < 4.78 is 0. The number of nitrogens with two attached hydrogens (primary N) is 1. The molecule has 0 aromatic rings. The lowest BCUT2D eigenvalue weighted by Crippen LogP contribution is -2.45. The van der Waals surface area contributed by atoms with E-state index in [1.807, 2.05) is 6.92 Å². The van der Waals surface area contributed by atoms with Crippen LogP contribution in [0.4, 0.5) is 0 Å². The molecule has 0 saturated heterocycles. The summed E-state index contributed by atoms with van der Waals surface area (Å²) in [5, 5.41) is 9.88. The van der Waals surface area contributed by atoms with Crippen LogP contribution in [-0.4, -0.2) is 16.6 Å². The molecule has 1 fully saturated rings. The molecule has 3 heteroatoms. The molecule has 3 N–H and O–H groups in total. The second-order valence-corrected chi connectivity index (χ2v) is 3.67. The van der Waals surface area contributed by atoms with E-state index < -0.39 is 11.5 Å². The van der Waals surface area contributed by atoms with E-state index in [9.17, 15) is 9.90 Å². The third kappa shape index (κ3) is 1.78. The molecule has 3 nitrogen and oxygen atoms in total. The van der Waals surface area contributed by atoms with Crippen molar-refractivity contribution in [3.8, 4) is 0 Å². The van der Waals surface area contributed by atoms with E-state index in [4.69, 9.17) is 5.73 Å². The summed E-state index contributed by atoms with van der Waals surface area (Å²) in [5.41, 5.74) is 3.97. The molecular weight excluding hydrogens is 154 g/mol. The molecule has 70 valence electrons. The SMILES string of the molecule is CCCCC(O)(C(N)=O)C1CC1. The predicted octanol–water partition coefficient (Wildman–Crippen LogP) is 0.803. The quantitative estimate of drug-likeness (QED) is 0.642. The fraction of sp³-hybridized carbons (Fsp3) is 0.889. The number of primary amides is 1. The molecule has 1 aliphatic rings. The monoisotopic (exact) mass is 171 g/mol. The van der Waals surface area contributed by atoms with E-state index in [-0.39, 0.29) is 5.92 Å². The molecule has 0 aromatic carbocycles. The van der Waals surface area contributed by atoms with Gasteiger partial charge in [-0.3, -0.25) is 4.79 Å². The second kappa shape index (κ2) is 3.44. The molecule has 0 bridgehead atoms. The van der Waals surface area contributed by atoms with Gasteiger partial charge in [0.2, 0.25) is 5.91 Å². The topological polar surface area (TPSA) is 63.3 Å². The maximum absolute atomic E-state index is 11.0. The van der Waals surface area contributed by atoms with Gasteiger partial charge in [-0.15, -0.1) is 0 Å². The number of amides is 1. The normalized spacial score (nSPS) is 21.8. The van der Waals surface area contributed by atoms with Crippen molar-refractivity contribution in [1.29, 1.82) is 0 Å². The minimum Gasteiger partial charge on any atom is -0.380 e. The summed E-state index contributed by atoms with van der Waals surface area (Å²) in [4.78, 5) is 11.0. The first kappa shape index (κ1) is 9.52. The standard InChI is InChI=1S/C9H17NO2/c1-2-3-6-9(12,8(10)11)7-4-5-7/h7,12H,2-6H2,1H3,(H2,10,11). The van der Waals surface area contributed by atoms with Crippen LogP contribution in [0.1, 0.15) is 39.0 Å². The summed E-state index contributed by atoms with van der Waals surface area (Å²) in [6.07, 6.45) is 4.29. The first-order valence-corrected chi connectivity index (χ1v) is 4.63. The number of aliphatic hydroxyl groups is 1. The number of hydrogen-bond acceptors (Lipinski definition) is 2. The lowest BCUT2D eigenvalue weighted by atomic mass is 9.91. The Bertz CT molecular complexity index is 177. The van der Waals surface area contributed by atoms with Gasteiger partial charge in [0.05, 0.1) is 0 Å². The van der Waals surface area contributed by atoms with E-state index >= 15 is 0 Å². The molecule has 1 atom stereocenters. The van der Waals surface area contributed by atoms with Crippen molar-refractivity contribution >= 4 is 5.91 Å². The zero-order valence-corrected chi connectivity index (χ0v) is 7.55. The van der Waals surface area contributed by atoms with Crippen molar-refractivity contribution in [1.82, 2.24) is 0 Å². The largest absolute Gasteiger partial charge is 0.380 e. The number of unbranched alkanes of at least 4 members (excludes halogenated alkanes) is 1. The Kier molecular flexibility index (Phi) is 2.73. The van der Waals surface area contributed by atoms with Gasteiger partial charge in [0.15, 0.2) is 0 Å². The summed E-state index contributed by atoms with van der Waals surface area (Å²) in [7, 11) is 0. The van der Waals surface area contributed by atoms with Crippen LogP contribution in [0.5, 0.6) is 0 Å². The smallest absolute Gasteiger partial charge is 0.249 e. The highest BCUT2D eigenvalue weighted by Crippen LogP contribution is 2.42. The van der Waals surface area contributed by atoms with Crippen LogP contribution in [0, 0.1) is 5.92 Å². The van der Waals surface area contributed by atoms with Crippen LogP contribution in [0.15, 0.2) is 0 Å². The molecule has 1 saturated carbocycles. The van der Waals surface area contributed by atoms with Gasteiger partial charge in [-0.2, -0.15) is 0 Å². The average molecular weight is 171 g/mol. The van der Waals surface area contributed by atoms with Crippen molar-refractivity contribution in [3.05, 3.63) is 0 Å². The zero-order valence-electron chi connectivity index (χ0n) is 7.55. The molecule has 0 aromatic heterocycles. The molecule has 0 spiro atoms.